The summed E-state index contributed by atoms with van der Waals surface area (Å²) in [5.74, 6) is -0.504. The van der Waals surface area contributed by atoms with Gasteiger partial charge in [-0.1, -0.05) is 0 Å². The molecule has 0 radical (unpaired) electrons. The summed E-state index contributed by atoms with van der Waals surface area (Å²) in [6.45, 7) is 3.64. The molecular formula is C12H18N4O3. The van der Waals surface area contributed by atoms with E-state index < -0.39 is 12.0 Å². The van der Waals surface area contributed by atoms with Gasteiger partial charge >= 0.3 is 5.97 Å². The van der Waals surface area contributed by atoms with Crippen molar-refractivity contribution in [2.24, 2.45) is 0 Å². The average molecular weight is 266 g/mol. The monoisotopic (exact) mass is 266 g/mol. The number of pyridine rings is 1. The number of hydrogen-bond donors (Lipinski definition) is 3. The number of carbonyl (C=O) groups excluding carboxylic acids is 2. The summed E-state index contributed by atoms with van der Waals surface area (Å²) >= 11 is 0. The highest BCUT2D eigenvalue weighted by molar-refractivity contribution is 5.97. The van der Waals surface area contributed by atoms with Gasteiger partial charge < -0.3 is 21.1 Å². The molecule has 0 aliphatic rings. The third-order valence-electron chi connectivity index (χ3n) is 2.43. The first-order chi connectivity index (χ1) is 8.99. The SMILES string of the molecule is CCOC(=O)c1cc(N)ncc1NC(C)C(=O)NC. The van der Waals surface area contributed by atoms with Crippen LogP contribution in [0.5, 0.6) is 0 Å². The summed E-state index contributed by atoms with van der Waals surface area (Å²) in [6, 6.07) is 0.903. The number of aromatic nitrogens is 1. The summed E-state index contributed by atoms with van der Waals surface area (Å²) in [5, 5.41) is 5.40. The fourth-order valence-corrected chi connectivity index (χ4v) is 1.48. The maximum absolute atomic E-state index is 11.8. The number of amides is 1. The Kier molecular flexibility index (Phi) is 5.11. The Morgan fingerprint density at radius 3 is 2.79 bits per heavy atom. The molecule has 0 saturated heterocycles. The van der Waals surface area contributed by atoms with Crippen molar-refractivity contribution in [1.82, 2.24) is 10.3 Å². The zero-order chi connectivity index (χ0) is 14.4. The van der Waals surface area contributed by atoms with Crippen LogP contribution in [0.15, 0.2) is 12.3 Å². The van der Waals surface area contributed by atoms with Crippen molar-refractivity contribution in [2.75, 3.05) is 24.7 Å². The van der Waals surface area contributed by atoms with Crippen LogP contribution < -0.4 is 16.4 Å². The van der Waals surface area contributed by atoms with Crippen molar-refractivity contribution in [2.45, 2.75) is 19.9 Å². The molecule has 0 saturated carbocycles. The average Bonchev–Trinajstić information content (AvgIpc) is 2.39. The molecule has 1 aromatic rings. The number of esters is 1. The Balaban J connectivity index is 3.00. The molecule has 0 aliphatic heterocycles. The summed E-state index contributed by atoms with van der Waals surface area (Å²) in [4.78, 5) is 27.1. The lowest BCUT2D eigenvalue weighted by Gasteiger charge is -2.16. The van der Waals surface area contributed by atoms with Crippen LogP contribution in [-0.4, -0.2) is 36.6 Å². The van der Waals surface area contributed by atoms with Gasteiger partial charge in [0, 0.05) is 7.05 Å². The van der Waals surface area contributed by atoms with E-state index in [2.05, 4.69) is 15.6 Å². The number of nitrogens with zero attached hydrogens (tertiary/aromatic N) is 1. The molecule has 1 aromatic heterocycles. The van der Waals surface area contributed by atoms with Crippen molar-refractivity contribution >= 4 is 23.4 Å². The second-order valence-electron chi connectivity index (χ2n) is 3.86. The molecule has 0 spiro atoms. The fourth-order valence-electron chi connectivity index (χ4n) is 1.48. The van der Waals surface area contributed by atoms with Crippen LogP contribution in [0, 0.1) is 0 Å². The largest absolute Gasteiger partial charge is 0.462 e. The lowest BCUT2D eigenvalue weighted by Crippen LogP contribution is -2.35. The van der Waals surface area contributed by atoms with Crippen molar-refractivity contribution in [3.8, 4) is 0 Å². The number of ether oxygens (including phenoxy) is 1. The van der Waals surface area contributed by atoms with E-state index in [-0.39, 0.29) is 23.9 Å². The molecule has 0 fully saturated rings. The standard InChI is InChI=1S/C12H18N4O3/c1-4-19-12(18)8-5-10(13)15-6-9(8)16-7(2)11(17)14-3/h5-7,16H,4H2,1-3H3,(H2,13,15)(H,14,17). The normalized spacial score (nSPS) is 11.5. The molecule has 7 nitrogen and oxygen atoms in total. The Labute approximate surface area is 111 Å². The highest BCUT2D eigenvalue weighted by atomic mass is 16.5. The van der Waals surface area contributed by atoms with E-state index in [4.69, 9.17) is 10.5 Å². The van der Waals surface area contributed by atoms with Crippen molar-refractivity contribution in [3.05, 3.63) is 17.8 Å². The molecule has 1 atom stereocenters. The van der Waals surface area contributed by atoms with Gasteiger partial charge in [-0.3, -0.25) is 4.79 Å². The molecule has 4 N–H and O–H groups in total. The molecule has 19 heavy (non-hydrogen) atoms. The number of rotatable bonds is 5. The van der Waals surface area contributed by atoms with E-state index in [0.29, 0.717) is 5.69 Å². The number of carbonyl (C=O) groups is 2. The predicted molar refractivity (Wildman–Crippen MR) is 71.8 cm³/mol. The summed E-state index contributed by atoms with van der Waals surface area (Å²) < 4.78 is 4.93. The number of hydrogen-bond acceptors (Lipinski definition) is 6. The number of anilines is 2. The van der Waals surface area contributed by atoms with Gasteiger partial charge in [0.1, 0.15) is 11.9 Å². The van der Waals surface area contributed by atoms with Crippen molar-refractivity contribution < 1.29 is 14.3 Å². The second-order valence-corrected chi connectivity index (χ2v) is 3.86. The Morgan fingerprint density at radius 2 is 2.21 bits per heavy atom. The van der Waals surface area contributed by atoms with E-state index in [1.54, 1.807) is 13.8 Å². The van der Waals surface area contributed by atoms with E-state index in [9.17, 15) is 9.59 Å². The molecule has 1 amide bonds. The third-order valence-corrected chi connectivity index (χ3v) is 2.43. The molecule has 7 heteroatoms. The molecule has 1 unspecified atom stereocenters. The Hall–Kier alpha value is -2.31. The number of nitrogens with one attached hydrogen (secondary N) is 2. The van der Waals surface area contributed by atoms with Crippen LogP contribution >= 0.6 is 0 Å². The maximum Gasteiger partial charge on any atom is 0.340 e. The van der Waals surface area contributed by atoms with Gasteiger partial charge in [0.25, 0.3) is 0 Å². The molecule has 0 bridgehead atoms. The fraction of sp³-hybridized carbons (Fsp3) is 0.417. The minimum Gasteiger partial charge on any atom is -0.462 e. The molecular weight excluding hydrogens is 248 g/mol. The van der Waals surface area contributed by atoms with Gasteiger partial charge in [0.2, 0.25) is 5.91 Å². The van der Waals surface area contributed by atoms with Crippen molar-refractivity contribution in [1.29, 1.82) is 0 Å². The van der Waals surface area contributed by atoms with Gasteiger partial charge in [-0.25, -0.2) is 9.78 Å². The second kappa shape index (κ2) is 6.58. The predicted octanol–water partition coefficient (Wildman–Crippen LogP) is 0.387. The minimum absolute atomic E-state index is 0.202. The van der Waals surface area contributed by atoms with E-state index in [1.165, 1.54) is 19.3 Å². The van der Waals surface area contributed by atoms with Gasteiger partial charge in [0.05, 0.1) is 24.1 Å². The van der Waals surface area contributed by atoms with Gasteiger partial charge in [-0.15, -0.1) is 0 Å². The zero-order valence-corrected chi connectivity index (χ0v) is 11.2. The lowest BCUT2D eigenvalue weighted by molar-refractivity contribution is -0.121. The first-order valence-corrected chi connectivity index (χ1v) is 5.90. The number of likely N-dealkylation sites (N-methyl/N-ethyl adjacent to an activating group) is 1. The molecule has 1 heterocycles. The topological polar surface area (TPSA) is 106 Å². The smallest absolute Gasteiger partial charge is 0.340 e. The van der Waals surface area contributed by atoms with Crippen LogP contribution in [0.3, 0.4) is 0 Å². The summed E-state index contributed by atoms with van der Waals surface area (Å²) in [5.41, 5.74) is 6.21. The summed E-state index contributed by atoms with van der Waals surface area (Å²) in [6.07, 6.45) is 1.40. The molecule has 104 valence electrons. The minimum atomic E-state index is -0.511. The first kappa shape index (κ1) is 14.7. The van der Waals surface area contributed by atoms with Gasteiger partial charge in [0.15, 0.2) is 0 Å². The van der Waals surface area contributed by atoms with Crippen LogP contribution in [0.2, 0.25) is 0 Å². The molecule has 0 aliphatic carbocycles. The van der Waals surface area contributed by atoms with Crippen LogP contribution in [0.4, 0.5) is 11.5 Å². The van der Waals surface area contributed by atoms with E-state index >= 15 is 0 Å². The highest BCUT2D eigenvalue weighted by Gasteiger charge is 2.17. The quantitative estimate of drug-likeness (QED) is 0.665. The van der Waals surface area contributed by atoms with Crippen LogP contribution in [-0.2, 0) is 9.53 Å². The van der Waals surface area contributed by atoms with Gasteiger partial charge in [-0.2, -0.15) is 0 Å². The lowest BCUT2D eigenvalue weighted by atomic mass is 10.2. The van der Waals surface area contributed by atoms with E-state index in [1.807, 2.05) is 0 Å². The zero-order valence-electron chi connectivity index (χ0n) is 11.2. The van der Waals surface area contributed by atoms with E-state index in [0.717, 1.165) is 0 Å². The molecule has 1 rings (SSSR count). The van der Waals surface area contributed by atoms with Crippen LogP contribution in [0.25, 0.3) is 0 Å². The number of nitrogens with two attached hydrogens (primary N) is 1. The first-order valence-electron chi connectivity index (χ1n) is 5.90. The Bertz CT molecular complexity index is 476. The van der Waals surface area contributed by atoms with Crippen LogP contribution in [0.1, 0.15) is 24.2 Å². The van der Waals surface area contributed by atoms with Crippen molar-refractivity contribution in [3.63, 3.8) is 0 Å². The molecule has 0 aromatic carbocycles. The highest BCUT2D eigenvalue weighted by Crippen LogP contribution is 2.18. The Morgan fingerprint density at radius 1 is 1.53 bits per heavy atom. The maximum atomic E-state index is 11.8. The summed E-state index contributed by atoms with van der Waals surface area (Å²) in [7, 11) is 1.54. The third kappa shape index (κ3) is 3.84. The number of nitrogen functional groups attached to an aromatic ring is 1. The van der Waals surface area contributed by atoms with Gasteiger partial charge in [-0.05, 0) is 19.9 Å².